The van der Waals surface area contributed by atoms with Crippen LogP contribution >= 0.6 is 0 Å². The van der Waals surface area contributed by atoms with Gasteiger partial charge in [0.1, 0.15) is 11.5 Å². The molecule has 0 aromatic heterocycles. The molecule has 0 amide bonds. The number of aliphatic imine (C=N–C) groups is 1. The van der Waals surface area contributed by atoms with Crippen LogP contribution in [0.15, 0.2) is 53.5 Å². The van der Waals surface area contributed by atoms with Crippen LogP contribution in [0.25, 0.3) is 0 Å². The second kappa shape index (κ2) is 8.10. The van der Waals surface area contributed by atoms with Gasteiger partial charge in [-0.3, -0.25) is 4.99 Å². The first-order chi connectivity index (χ1) is 10.3. The van der Waals surface area contributed by atoms with Crippen LogP contribution in [0, 0.1) is 0 Å². The predicted molar refractivity (Wildman–Crippen MR) is 87.1 cm³/mol. The number of hydrogen-bond donors (Lipinski definition) is 0. The van der Waals surface area contributed by atoms with E-state index in [1.807, 2.05) is 61.7 Å². The first-order valence-corrected chi connectivity index (χ1v) is 7.31. The van der Waals surface area contributed by atoms with Gasteiger partial charge in [-0.1, -0.05) is 19.1 Å². The molecule has 3 heteroatoms. The van der Waals surface area contributed by atoms with Crippen molar-refractivity contribution in [1.82, 2.24) is 0 Å². The molecule has 0 spiro atoms. The number of hydrogen-bond acceptors (Lipinski definition) is 3. The van der Waals surface area contributed by atoms with E-state index in [2.05, 4.69) is 11.9 Å². The molecule has 0 atom stereocenters. The van der Waals surface area contributed by atoms with Gasteiger partial charge in [0.05, 0.1) is 18.9 Å². The lowest BCUT2D eigenvalue weighted by Crippen LogP contribution is -1.95. The summed E-state index contributed by atoms with van der Waals surface area (Å²) in [6.45, 7) is 5.48. The minimum Gasteiger partial charge on any atom is -0.494 e. The summed E-state index contributed by atoms with van der Waals surface area (Å²) >= 11 is 0. The van der Waals surface area contributed by atoms with Crippen molar-refractivity contribution in [2.75, 3.05) is 13.2 Å². The fourth-order valence-corrected chi connectivity index (χ4v) is 1.85. The second-order valence-corrected chi connectivity index (χ2v) is 4.61. The summed E-state index contributed by atoms with van der Waals surface area (Å²) in [6, 6.07) is 15.7. The quantitative estimate of drug-likeness (QED) is 0.694. The van der Waals surface area contributed by atoms with Gasteiger partial charge in [0.2, 0.25) is 0 Å². The highest BCUT2D eigenvalue weighted by atomic mass is 16.5. The van der Waals surface area contributed by atoms with Crippen LogP contribution in [0.4, 0.5) is 5.69 Å². The molecule has 0 fully saturated rings. The molecule has 0 saturated carbocycles. The van der Waals surface area contributed by atoms with E-state index in [1.54, 1.807) is 0 Å². The molecule has 0 aliphatic heterocycles. The largest absolute Gasteiger partial charge is 0.494 e. The van der Waals surface area contributed by atoms with Crippen molar-refractivity contribution in [3.63, 3.8) is 0 Å². The SMILES string of the molecule is CCCOc1cccc(C=Nc2ccc(OCC)cc2)c1. The number of benzene rings is 2. The highest BCUT2D eigenvalue weighted by Gasteiger charge is 1.95. The normalized spacial score (nSPS) is 10.8. The summed E-state index contributed by atoms with van der Waals surface area (Å²) < 4.78 is 11.0. The Kier molecular flexibility index (Phi) is 5.83. The number of ether oxygens (including phenoxy) is 2. The maximum Gasteiger partial charge on any atom is 0.119 e. The Morgan fingerprint density at radius 1 is 0.952 bits per heavy atom. The zero-order chi connectivity index (χ0) is 14.9. The van der Waals surface area contributed by atoms with Crippen LogP contribution in [0.1, 0.15) is 25.8 Å². The molecular weight excluding hydrogens is 262 g/mol. The van der Waals surface area contributed by atoms with Crippen molar-refractivity contribution < 1.29 is 9.47 Å². The van der Waals surface area contributed by atoms with Crippen molar-refractivity contribution in [2.45, 2.75) is 20.3 Å². The second-order valence-electron chi connectivity index (χ2n) is 4.61. The molecule has 0 aliphatic carbocycles. The van der Waals surface area contributed by atoms with Crippen LogP contribution in [-0.4, -0.2) is 19.4 Å². The molecule has 0 bridgehead atoms. The van der Waals surface area contributed by atoms with Crippen LogP contribution in [0.3, 0.4) is 0 Å². The monoisotopic (exact) mass is 283 g/mol. The molecule has 0 radical (unpaired) electrons. The topological polar surface area (TPSA) is 30.8 Å². The molecular formula is C18H21NO2. The molecule has 2 aromatic carbocycles. The average molecular weight is 283 g/mol. The standard InChI is InChI=1S/C18H21NO2/c1-3-12-21-18-7-5-6-15(13-18)14-19-16-8-10-17(11-9-16)20-4-2/h5-11,13-14H,3-4,12H2,1-2H3. The van der Waals surface area contributed by atoms with Crippen LogP contribution < -0.4 is 9.47 Å². The van der Waals surface area contributed by atoms with E-state index in [-0.39, 0.29) is 0 Å². The van der Waals surface area contributed by atoms with Gasteiger partial charge in [-0.05, 0) is 55.3 Å². The molecule has 21 heavy (non-hydrogen) atoms. The average Bonchev–Trinajstić information content (AvgIpc) is 2.53. The molecule has 2 rings (SSSR count). The van der Waals surface area contributed by atoms with Crippen molar-refractivity contribution in [3.05, 3.63) is 54.1 Å². The van der Waals surface area contributed by atoms with Crippen molar-refractivity contribution >= 4 is 11.9 Å². The Labute approximate surface area is 126 Å². The van der Waals surface area contributed by atoms with E-state index >= 15 is 0 Å². The summed E-state index contributed by atoms with van der Waals surface area (Å²) in [5, 5.41) is 0. The molecule has 110 valence electrons. The third kappa shape index (κ3) is 4.95. The van der Waals surface area contributed by atoms with Gasteiger partial charge in [-0.2, -0.15) is 0 Å². The van der Waals surface area contributed by atoms with E-state index in [4.69, 9.17) is 9.47 Å². The lowest BCUT2D eigenvalue weighted by molar-refractivity contribution is 0.317. The third-order valence-corrected chi connectivity index (χ3v) is 2.84. The fourth-order valence-electron chi connectivity index (χ4n) is 1.85. The highest BCUT2D eigenvalue weighted by Crippen LogP contribution is 2.18. The van der Waals surface area contributed by atoms with E-state index in [1.165, 1.54) is 0 Å². The lowest BCUT2D eigenvalue weighted by atomic mass is 10.2. The van der Waals surface area contributed by atoms with Crippen molar-refractivity contribution in [3.8, 4) is 11.5 Å². The Morgan fingerprint density at radius 3 is 2.48 bits per heavy atom. The summed E-state index contributed by atoms with van der Waals surface area (Å²) in [6.07, 6.45) is 2.85. The highest BCUT2D eigenvalue weighted by molar-refractivity contribution is 5.82. The van der Waals surface area contributed by atoms with E-state index in [9.17, 15) is 0 Å². The molecule has 2 aromatic rings. The van der Waals surface area contributed by atoms with Gasteiger partial charge >= 0.3 is 0 Å². The molecule has 0 N–H and O–H groups in total. The summed E-state index contributed by atoms with van der Waals surface area (Å²) in [7, 11) is 0. The third-order valence-electron chi connectivity index (χ3n) is 2.84. The molecule has 0 aliphatic rings. The summed E-state index contributed by atoms with van der Waals surface area (Å²) in [5.74, 6) is 1.75. The van der Waals surface area contributed by atoms with E-state index < -0.39 is 0 Å². The Bertz CT molecular complexity index is 576. The van der Waals surface area contributed by atoms with Crippen molar-refractivity contribution in [2.24, 2.45) is 4.99 Å². The van der Waals surface area contributed by atoms with Gasteiger partial charge in [0.15, 0.2) is 0 Å². The first-order valence-electron chi connectivity index (χ1n) is 7.31. The molecule has 0 unspecified atom stereocenters. The van der Waals surface area contributed by atoms with Gasteiger partial charge in [-0.15, -0.1) is 0 Å². The van der Waals surface area contributed by atoms with E-state index in [0.29, 0.717) is 6.61 Å². The predicted octanol–water partition coefficient (Wildman–Crippen LogP) is 4.62. The summed E-state index contributed by atoms with van der Waals surface area (Å²) in [4.78, 5) is 4.46. The maximum absolute atomic E-state index is 5.61. The van der Waals surface area contributed by atoms with Crippen LogP contribution in [0.5, 0.6) is 11.5 Å². The summed E-state index contributed by atoms with van der Waals surface area (Å²) in [5.41, 5.74) is 1.93. The number of nitrogens with zero attached hydrogens (tertiary/aromatic N) is 1. The Morgan fingerprint density at radius 2 is 1.76 bits per heavy atom. The lowest BCUT2D eigenvalue weighted by Gasteiger charge is -2.04. The Hall–Kier alpha value is -2.29. The van der Waals surface area contributed by atoms with Crippen molar-refractivity contribution in [1.29, 1.82) is 0 Å². The zero-order valence-corrected chi connectivity index (χ0v) is 12.6. The van der Waals surface area contributed by atoms with Gasteiger partial charge < -0.3 is 9.47 Å². The van der Waals surface area contributed by atoms with Gasteiger partial charge in [0, 0.05) is 6.21 Å². The molecule has 0 saturated heterocycles. The maximum atomic E-state index is 5.61. The number of rotatable bonds is 7. The van der Waals surface area contributed by atoms with Gasteiger partial charge in [-0.25, -0.2) is 0 Å². The molecule has 0 heterocycles. The minimum atomic E-state index is 0.674. The van der Waals surface area contributed by atoms with Gasteiger partial charge in [0.25, 0.3) is 0 Å². The minimum absolute atomic E-state index is 0.674. The first kappa shape index (κ1) is 15.1. The smallest absolute Gasteiger partial charge is 0.119 e. The fraction of sp³-hybridized carbons (Fsp3) is 0.278. The van der Waals surface area contributed by atoms with Crippen LogP contribution in [-0.2, 0) is 0 Å². The Balaban J connectivity index is 2.02. The van der Waals surface area contributed by atoms with E-state index in [0.717, 1.165) is 35.8 Å². The zero-order valence-electron chi connectivity index (χ0n) is 12.6. The molecule has 3 nitrogen and oxygen atoms in total. The van der Waals surface area contributed by atoms with Crippen LogP contribution in [0.2, 0.25) is 0 Å².